The first kappa shape index (κ1) is 15.0. The third kappa shape index (κ3) is 3.15. The maximum atomic E-state index is 12.0. The molecule has 0 radical (unpaired) electrons. The van der Waals surface area contributed by atoms with E-state index in [4.69, 9.17) is 0 Å². The normalized spacial score (nSPS) is 11.1. The van der Waals surface area contributed by atoms with Crippen molar-refractivity contribution in [1.82, 2.24) is 29.9 Å². The molecular weight excluding hydrogens is 294 g/mol. The van der Waals surface area contributed by atoms with Gasteiger partial charge in [0.2, 0.25) is 0 Å². The summed E-state index contributed by atoms with van der Waals surface area (Å²) in [5.41, 5.74) is 2.32. The monoisotopic (exact) mass is 313 g/mol. The fourth-order valence-corrected chi connectivity index (χ4v) is 2.40. The van der Waals surface area contributed by atoms with Gasteiger partial charge in [-0.15, -0.1) is 5.10 Å². The number of amides is 2. The Balaban J connectivity index is 1.63. The highest BCUT2D eigenvalue weighted by molar-refractivity contribution is 5.91. The van der Waals surface area contributed by atoms with Gasteiger partial charge in [-0.2, -0.15) is 0 Å². The number of aromatic nitrogens is 5. The van der Waals surface area contributed by atoms with Crippen LogP contribution in [0, 0.1) is 0 Å². The Labute approximate surface area is 133 Å². The van der Waals surface area contributed by atoms with Crippen LogP contribution in [0.1, 0.15) is 25.7 Å². The van der Waals surface area contributed by atoms with Crippen LogP contribution >= 0.6 is 0 Å². The number of urea groups is 1. The van der Waals surface area contributed by atoms with Crippen LogP contribution in [0.25, 0.3) is 11.0 Å². The van der Waals surface area contributed by atoms with Crippen molar-refractivity contribution in [2.24, 2.45) is 7.05 Å². The van der Waals surface area contributed by atoms with Gasteiger partial charge in [0.15, 0.2) is 0 Å². The molecule has 0 saturated carbocycles. The number of imidazole rings is 1. The van der Waals surface area contributed by atoms with Gasteiger partial charge in [-0.3, -0.25) is 0 Å². The van der Waals surface area contributed by atoms with Gasteiger partial charge in [0, 0.05) is 31.2 Å². The van der Waals surface area contributed by atoms with Gasteiger partial charge in [-0.05, 0) is 32.0 Å². The summed E-state index contributed by atoms with van der Waals surface area (Å²) in [5.74, 6) is 0.819. The van der Waals surface area contributed by atoms with Gasteiger partial charge >= 0.3 is 6.03 Å². The summed E-state index contributed by atoms with van der Waals surface area (Å²) in [6, 6.07) is 5.50. The summed E-state index contributed by atoms with van der Waals surface area (Å²) < 4.78 is 3.71. The molecule has 0 aliphatic carbocycles. The van der Waals surface area contributed by atoms with Crippen LogP contribution in [0.4, 0.5) is 10.5 Å². The van der Waals surface area contributed by atoms with Crippen molar-refractivity contribution < 1.29 is 4.79 Å². The Kier molecular flexibility index (Phi) is 3.96. The summed E-state index contributed by atoms with van der Waals surface area (Å²) >= 11 is 0. The van der Waals surface area contributed by atoms with Gasteiger partial charge in [0.1, 0.15) is 11.3 Å². The highest BCUT2D eigenvalue weighted by atomic mass is 16.2. The van der Waals surface area contributed by atoms with Crippen LogP contribution in [-0.2, 0) is 13.6 Å². The first-order chi connectivity index (χ1) is 11.0. The molecule has 0 unspecified atom stereocenters. The maximum absolute atomic E-state index is 12.0. The molecule has 3 aromatic rings. The first-order valence-electron chi connectivity index (χ1n) is 7.40. The zero-order valence-corrected chi connectivity index (χ0v) is 13.3. The summed E-state index contributed by atoms with van der Waals surface area (Å²) in [5, 5.41) is 13.6. The molecule has 120 valence electrons. The number of hydrogen-bond donors (Lipinski definition) is 2. The third-order valence-electron chi connectivity index (χ3n) is 3.58. The Morgan fingerprint density at radius 1 is 1.35 bits per heavy atom. The molecule has 23 heavy (non-hydrogen) atoms. The Hall–Kier alpha value is -2.90. The van der Waals surface area contributed by atoms with Crippen LogP contribution in [0.5, 0.6) is 0 Å². The van der Waals surface area contributed by atoms with Crippen molar-refractivity contribution in [3.8, 4) is 0 Å². The second-order valence-corrected chi connectivity index (χ2v) is 5.57. The summed E-state index contributed by atoms with van der Waals surface area (Å²) in [4.78, 5) is 16.3. The second kappa shape index (κ2) is 6.07. The topological polar surface area (TPSA) is 89.7 Å². The quantitative estimate of drug-likeness (QED) is 0.771. The number of carbonyl (C=O) groups excluding carboxylic acids is 1. The fraction of sp³-hybridized carbons (Fsp3) is 0.333. The summed E-state index contributed by atoms with van der Waals surface area (Å²) in [6.07, 6.45) is 3.64. The van der Waals surface area contributed by atoms with Crippen molar-refractivity contribution in [2.45, 2.75) is 26.4 Å². The smallest absolute Gasteiger partial charge is 0.319 e. The lowest BCUT2D eigenvalue weighted by atomic mass is 10.3. The Morgan fingerprint density at radius 2 is 2.17 bits per heavy atom. The number of rotatable bonds is 4. The molecule has 2 N–H and O–H groups in total. The zero-order valence-electron chi connectivity index (χ0n) is 13.3. The molecule has 2 heterocycles. The first-order valence-corrected chi connectivity index (χ1v) is 7.40. The van der Waals surface area contributed by atoms with Crippen molar-refractivity contribution >= 4 is 22.8 Å². The minimum absolute atomic E-state index is 0.286. The van der Waals surface area contributed by atoms with E-state index in [2.05, 4.69) is 39.8 Å². The van der Waals surface area contributed by atoms with E-state index in [1.54, 1.807) is 16.9 Å². The molecule has 0 atom stereocenters. The molecular formula is C15H19N7O. The van der Waals surface area contributed by atoms with Crippen molar-refractivity contribution in [2.75, 3.05) is 5.32 Å². The SMILES string of the molecule is CC(C)n1ccnc1CNC(=O)Nc1ccc2c(c1)nnn2C. The zero-order chi connectivity index (χ0) is 16.4. The van der Waals surface area contributed by atoms with E-state index in [0.717, 1.165) is 16.9 Å². The summed E-state index contributed by atoms with van der Waals surface area (Å²) in [7, 11) is 1.83. The number of nitrogens with one attached hydrogen (secondary N) is 2. The Morgan fingerprint density at radius 3 is 2.96 bits per heavy atom. The lowest BCUT2D eigenvalue weighted by Crippen LogP contribution is -2.29. The second-order valence-electron chi connectivity index (χ2n) is 5.57. The van der Waals surface area contributed by atoms with E-state index >= 15 is 0 Å². The van der Waals surface area contributed by atoms with Gasteiger partial charge in [-0.25, -0.2) is 14.5 Å². The van der Waals surface area contributed by atoms with E-state index in [-0.39, 0.29) is 6.03 Å². The fourth-order valence-electron chi connectivity index (χ4n) is 2.40. The average Bonchev–Trinajstić information content (AvgIpc) is 3.12. The molecule has 0 fully saturated rings. The number of anilines is 1. The number of benzene rings is 1. The minimum atomic E-state index is -0.286. The number of carbonyl (C=O) groups is 1. The van der Waals surface area contributed by atoms with E-state index in [0.29, 0.717) is 18.3 Å². The molecule has 1 aromatic carbocycles. The molecule has 0 saturated heterocycles. The number of hydrogen-bond acceptors (Lipinski definition) is 4. The predicted octanol–water partition coefficient (Wildman–Crippen LogP) is 2.07. The van der Waals surface area contributed by atoms with Crippen molar-refractivity contribution in [3.05, 3.63) is 36.4 Å². The number of aryl methyl sites for hydroxylation is 1. The van der Waals surface area contributed by atoms with Crippen LogP contribution in [0.3, 0.4) is 0 Å². The van der Waals surface area contributed by atoms with Gasteiger partial charge < -0.3 is 15.2 Å². The molecule has 8 heteroatoms. The predicted molar refractivity (Wildman–Crippen MR) is 87.0 cm³/mol. The lowest BCUT2D eigenvalue weighted by molar-refractivity contribution is 0.251. The van der Waals surface area contributed by atoms with Crippen LogP contribution in [-0.4, -0.2) is 30.6 Å². The van der Waals surface area contributed by atoms with Gasteiger partial charge in [-0.1, -0.05) is 5.21 Å². The van der Waals surface area contributed by atoms with Crippen LogP contribution in [0.15, 0.2) is 30.6 Å². The molecule has 3 rings (SSSR count). The van der Waals surface area contributed by atoms with E-state index in [9.17, 15) is 4.79 Å². The highest BCUT2D eigenvalue weighted by Gasteiger charge is 2.09. The number of nitrogens with zero attached hydrogens (tertiary/aromatic N) is 5. The molecule has 2 aromatic heterocycles. The minimum Gasteiger partial charge on any atom is -0.331 e. The highest BCUT2D eigenvalue weighted by Crippen LogP contribution is 2.16. The number of fused-ring (bicyclic) bond motifs is 1. The molecule has 0 bridgehead atoms. The van der Waals surface area contributed by atoms with Gasteiger partial charge in [0.05, 0.1) is 12.1 Å². The standard InChI is InChI=1S/C15H19N7O/c1-10(2)22-7-6-16-14(22)9-17-15(23)18-11-4-5-13-12(8-11)19-20-21(13)3/h4-8,10H,9H2,1-3H3,(H2,17,18,23). The van der Waals surface area contributed by atoms with E-state index in [1.807, 2.05) is 29.9 Å². The summed E-state index contributed by atoms with van der Waals surface area (Å²) in [6.45, 7) is 4.51. The van der Waals surface area contributed by atoms with Crippen LogP contribution < -0.4 is 10.6 Å². The van der Waals surface area contributed by atoms with Gasteiger partial charge in [0.25, 0.3) is 0 Å². The average molecular weight is 313 g/mol. The molecule has 8 nitrogen and oxygen atoms in total. The van der Waals surface area contributed by atoms with Crippen molar-refractivity contribution in [1.29, 1.82) is 0 Å². The third-order valence-corrected chi connectivity index (χ3v) is 3.58. The van der Waals surface area contributed by atoms with Crippen molar-refractivity contribution in [3.63, 3.8) is 0 Å². The van der Waals surface area contributed by atoms with Crippen LogP contribution in [0.2, 0.25) is 0 Å². The van der Waals surface area contributed by atoms with E-state index in [1.165, 1.54) is 0 Å². The molecule has 2 amide bonds. The lowest BCUT2D eigenvalue weighted by Gasteiger charge is -2.12. The molecule has 0 aliphatic rings. The van der Waals surface area contributed by atoms with E-state index < -0.39 is 0 Å². The maximum Gasteiger partial charge on any atom is 0.319 e. The molecule has 0 aliphatic heterocycles. The molecule has 0 spiro atoms. The Bertz CT molecular complexity index is 833. The largest absolute Gasteiger partial charge is 0.331 e.